The molecule has 0 saturated carbocycles. The van der Waals surface area contributed by atoms with Gasteiger partial charge in [0.2, 0.25) is 10.0 Å². The Morgan fingerprint density at radius 2 is 2.00 bits per heavy atom. The molecule has 1 aromatic carbocycles. The molecule has 0 heterocycles. The summed E-state index contributed by atoms with van der Waals surface area (Å²) in [6, 6.07) is 5.77. The molecule has 1 atom stereocenters. The Bertz CT molecular complexity index is 528. The number of rotatable bonds is 6. The second kappa shape index (κ2) is 5.72. The van der Waals surface area contributed by atoms with Gasteiger partial charge in [0.05, 0.1) is 11.9 Å². The van der Waals surface area contributed by atoms with Crippen LogP contribution in [0.2, 0.25) is 0 Å². The highest BCUT2D eigenvalue weighted by molar-refractivity contribution is 7.92. The van der Waals surface area contributed by atoms with Gasteiger partial charge in [0.1, 0.15) is 6.04 Å². The highest BCUT2D eigenvalue weighted by atomic mass is 32.2. The quantitative estimate of drug-likeness (QED) is 0.726. The zero-order valence-electron chi connectivity index (χ0n) is 10.2. The van der Waals surface area contributed by atoms with Gasteiger partial charge in [-0.05, 0) is 24.6 Å². The molecular weight excluding hydrogens is 256 g/mol. The van der Waals surface area contributed by atoms with E-state index in [4.69, 9.17) is 5.11 Å². The van der Waals surface area contributed by atoms with Gasteiger partial charge in [-0.1, -0.05) is 13.0 Å². The first-order valence-corrected chi connectivity index (χ1v) is 7.28. The van der Waals surface area contributed by atoms with Crippen molar-refractivity contribution in [1.82, 2.24) is 0 Å². The molecule has 0 amide bonds. The summed E-state index contributed by atoms with van der Waals surface area (Å²) in [5.74, 6) is -0.945. The third-order valence-electron chi connectivity index (χ3n) is 2.21. The van der Waals surface area contributed by atoms with Crippen LogP contribution < -0.4 is 10.0 Å². The molecule has 0 aliphatic heterocycles. The fourth-order valence-electron chi connectivity index (χ4n) is 1.43. The van der Waals surface area contributed by atoms with Crippen molar-refractivity contribution in [2.45, 2.75) is 19.4 Å². The number of hydrogen-bond donors (Lipinski definition) is 3. The second-order valence-corrected chi connectivity index (χ2v) is 5.65. The number of benzene rings is 1. The third kappa shape index (κ3) is 4.62. The SMILES string of the molecule is CCC(Nc1cccc(NS(C)(=O)=O)c1)C(=O)O. The maximum atomic E-state index is 11.1. The molecule has 0 fully saturated rings. The fraction of sp³-hybridized carbons (Fsp3) is 0.364. The normalized spacial score (nSPS) is 12.8. The van der Waals surface area contributed by atoms with Crippen LogP contribution in [-0.4, -0.2) is 31.8 Å². The largest absolute Gasteiger partial charge is 0.480 e. The van der Waals surface area contributed by atoms with Crippen molar-refractivity contribution >= 4 is 27.4 Å². The number of anilines is 2. The van der Waals surface area contributed by atoms with Gasteiger partial charge in [0.15, 0.2) is 0 Å². The van der Waals surface area contributed by atoms with Crippen molar-refractivity contribution < 1.29 is 18.3 Å². The lowest BCUT2D eigenvalue weighted by Gasteiger charge is -2.14. The molecular formula is C11H16N2O4S. The van der Waals surface area contributed by atoms with E-state index >= 15 is 0 Å². The highest BCUT2D eigenvalue weighted by Gasteiger charge is 2.14. The predicted octanol–water partition coefficient (Wildman–Crippen LogP) is 1.33. The molecule has 18 heavy (non-hydrogen) atoms. The lowest BCUT2D eigenvalue weighted by Crippen LogP contribution is -2.28. The summed E-state index contributed by atoms with van der Waals surface area (Å²) < 4.78 is 24.5. The lowest BCUT2D eigenvalue weighted by atomic mass is 10.2. The van der Waals surface area contributed by atoms with Crippen LogP contribution in [0.5, 0.6) is 0 Å². The fourth-order valence-corrected chi connectivity index (χ4v) is 1.98. The van der Waals surface area contributed by atoms with Gasteiger partial charge >= 0.3 is 5.97 Å². The molecule has 7 heteroatoms. The van der Waals surface area contributed by atoms with Crippen LogP contribution in [0.25, 0.3) is 0 Å². The molecule has 6 nitrogen and oxygen atoms in total. The monoisotopic (exact) mass is 272 g/mol. The molecule has 1 rings (SSSR count). The smallest absolute Gasteiger partial charge is 0.326 e. The van der Waals surface area contributed by atoms with E-state index < -0.39 is 22.0 Å². The molecule has 0 aromatic heterocycles. The molecule has 1 aromatic rings. The molecule has 0 spiro atoms. The summed E-state index contributed by atoms with van der Waals surface area (Å²) in [6.07, 6.45) is 1.48. The van der Waals surface area contributed by atoms with Crippen LogP contribution in [0.15, 0.2) is 24.3 Å². The average molecular weight is 272 g/mol. The lowest BCUT2D eigenvalue weighted by molar-refractivity contribution is -0.137. The van der Waals surface area contributed by atoms with Crippen LogP contribution in [0.4, 0.5) is 11.4 Å². The van der Waals surface area contributed by atoms with Gasteiger partial charge in [0, 0.05) is 5.69 Å². The van der Waals surface area contributed by atoms with Gasteiger partial charge in [-0.25, -0.2) is 13.2 Å². The predicted molar refractivity (Wildman–Crippen MR) is 70.2 cm³/mol. The summed E-state index contributed by atoms with van der Waals surface area (Å²) in [5.41, 5.74) is 0.945. The van der Waals surface area contributed by atoms with Crippen molar-refractivity contribution in [3.63, 3.8) is 0 Å². The molecule has 0 aliphatic rings. The van der Waals surface area contributed by atoms with E-state index in [9.17, 15) is 13.2 Å². The van der Waals surface area contributed by atoms with E-state index in [0.717, 1.165) is 6.26 Å². The van der Waals surface area contributed by atoms with Crippen molar-refractivity contribution in [3.05, 3.63) is 24.3 Å². The summed E-state index contributed by atoms with van der Waals surface area (Å²) in [5, 5.41) is 11.7. The standard InChI is InChI=1S/C11H16N2O4S/c1-3-10(11(14)15)12-8-5-4-6-9(7-8)13-18(2,16)17/h4-7,10,12-13H,3H2,1-2H3,(H,14,15). The highest BCUT2D eigenvalue weighted by Crippen LogP contribution is 2.17. The van der Waals surface area contributed by atoms with Gasteiger partial charge in [0.25, 0.3) is 0 Å². The van der Waals surface area contributed by atoms with Crippen LogP contribution in [0.3, 0.4) is 0 Å². The Hall–Kier alpha value is -1.76. The average Bonchev–Trinajstić information content (AvgIpc) is 2.23. The minimum absolute atomic E-state index is 0.391. The number of carbonyl (C=O) groups is 1. The van der Waals surface area contributed by atoms with Crippen molar-refractivity contribution in [3.8, 4) is 0 Å². The number of carboxylic acids is 1. The number of sulfonamides is 1. The maximum absolute atomic E-state index is 11.1. The van der Waals surface area contributed by atoms with Crippen molar-refractivity contribution in [2.75, 3.05) is 16.3 Å². The first kappa shape index (κ1) is 14.3. The molecule has 100 valence electrons. The summed E-state index contributed by atoms with van der Waals surface area (Å²) in [4.78, 5) is 10.9. The number of carboxylic acid groups (broad SMARTS) is 1. The molecule has 0 aliphatic carbocycles. The summed E-state index contributed by atoms with van der Waals surface area (Å²) in [6.45, 7) is 1.75. The minimum Gasteiger partial charge on any atom is -0.480 e. The van der Waals surface area contributed by atoms with E-state index in [1.54, 1.807) is 31.2 Å². The first-order chi connectivity index (χ1) is 8.31. The van der Waals surface area contributed by atoms with Crippen LogP contribution in [-0.2, 0) is 14.8 Å². The Kier molecular flexibility index (Phi) is 4.55. The topological polar surface area (TPSA) is 95.5 Å². The van der Waals surface area contributed by atoms with E-state index in [2.05, 4.69) is 10.0 Å². The van der Waals surface area contributed by atoms with Gasteiger partial charge in [-0.2, -0.15) is 0 Å². The van der Waals surface area contributed by atoms with E-state index in [-0.39, 0.29) is 0 Å². The summed E-state index contributed by atoms with van der Waals surface area (Å²) in [7, 11) is -3.34. The Labute approximate surface area is 106 Å². The number of aliphatic carboxylic acids is 1. The van der Waals surface area contributed by atoms with E-state index in [0.29, 0.717) is 17.8 Å². The van der Waals surface area contributed by atoms with Gasteiger partial charge < -0.3 is 10.4 Å². The van der Waals surface area contributed by atoms with Gasteiger partial charge in [-0.15, -0.1) is 0 Å². The Morgan fingerprint density at radius 3 is 2.50 bits per heavy atom. The van der Waals surface area contributed by atoms with Crippen LogP contribution in [0.1, 0.15) is 13.3 Å². The zero-order chi connectivity index (χ0) is 13.8. The van der Waals surface area contributed by atoms with Crippen molar-refractivity contribution in [1.29, 1.82) is 0 Å². The number of hydrogen-bond acceptors (Lipinski definition) is 4. The first-order valence-electron chi connectivity index (χ1n) is 5.39. The maximum Gasteiger partial charge on any atom is 0.326 e. The van der Waals surface area contributed by atoms with Crippen LogP contribution >= 0.6 is 0 Å². The van der Waals surface area contributed by atoms with E-state index in [1.165, 1.54) is 0 Å². The molecule has 0 saturated heterocycles. The minimum atomic E-state index is -3.34. The molecule has 3 N–H and O–H groups in total. The zero-order valence-corrected chi connectivity index (χ0v) is 11.0. The molecule has 0 bridgehead atoms. The molecule has 0 radical (unpaired) electrons. The van der Waals surface area contributed by atoms with E-state index in [1.807, 2.05) is 0 Å². The third-order valence-corrected chi connectivity index (χ3v) is 2.82. The van der Waals surface area contributed by atoms with Gasteiger partial charge in [-0.3, -0.25) is 4.72 Å². The van der Waals surface area contributed by atoms with Crippen LogP contribution in [0, 0.1) is 0 Å². The second-order valence-electron chi connectivity index (χ2n) is 3.90. The Morgan fingerprint density at radius 1 is 1.39 bits per heavy atom. The number of nitrogens with one attached hydrogen (secondary N) is 2. The summed E-state index contributed by atoms with van der Waals surface area (Å²) >= 11 is 0. The molecule has 1 unspecified atom stereocenters. The Balaban J connectivity index is 2.85. The van der Waals surface area contributed by atoms with Crippen molar-refractivity contribution in [2.24, 2.45) is 0 Å².